The van der Waals surface area contributed by atoms with Crippen molar-refractivity contribution in [1.82, 2.24) is 5.43 Å². The van der Waals surface area contributed by atoms with Gasteiger partial charge in [-0.05, 0) is 42.0 Å². The number of halogens is 1. The maximum Gasteiger partial charge on any atom is 0.271 e. The van der Waals surface area contributed by atoms with E-state index in [1.807, 2.05) is 0 Å². The number of carbonyl (C=O) groups is 1. The molecule has 1 amide bonds. The predicted octanol–water partition coefficient (Wildman–Crippen LogP) is 1.79. The summed E-state index contributed by atoms with van der Waals surface area (Å²) in [7, 11) is 0. The lowest BCUT2D eigenvalue weighted by molar-refractivity contribution is 0.0955. The summed E-state index contributed by atoms with van der Waals surface area (Å²) in [5.41, 5.74) is 3.50. The minimum absolute atomic E-state index is 0.0213. The first-order valence-corrected chi connectivity index (χ1v) is 6.12. The molecule has 0 aliphatic heterocycles. The van der Waals surface area contributed by atoms with Gasteiger partial charge in [0.05, 0.1) is 12.8 Å². The molecule has 2 aromatic carbocycles. The van der Waals surface area contributed by atoms with Crippen molar-refractivity contribution in [2.75, 3.05) is 0 Å². The summed E-state index contributed by atoms with van der Waals surface area (Å²) in [6.45, 7) is -0.164. The number of nitrogens with one attached hydrogen (secondary N) is 1. The molecule has 2 aromatic rings. The molecule has 0 heterocycles. The van der Waals surface area contributed by atoms with Gasteiger partial charge in [0.25, 0.3) is 5.91 Å². The largest absolute Gasteiger partial charge is 0.507 e. The first-order chi connectivity index (χ1) is 10.1. The van der Waals surface area contributed by atoms with Gasteiger partial charge in [0, 0.05) is 11.1 Å². The normalized spacial score (nSPS) is 10.8. The first-order valence-electron chi connectivity index (χ1n) is 6.12. The molecule has 0 radical (unpaired) electrons. The van der Waals surface area contributed by atoms with Crippen LogP contribution >= 0.6 is 0 Å². The number of phenols is 1. The molecule has 0 saturated heterocycles. The molecular weight excluding hydrogens is 275 g/mol. The Morgan fingerprint density at radius 2 is 1.95 bits per heavy atom. The van der Waals surface area contributed by atoms with Gasteiger partial charge in [-0.1, -0.05) is 6.07 Å². The Kier molecular flexibility index (Phi) is 4.63. The standard InChI is InChI=1S/C15H13FN2O3/c16-13-4-2-11(3-5-13)15(21)18-17-8-12-7-10(9-19)1-6-14(12)20/h1-8,19-20H,9H2,(H,18,21). The van der Waals surface area contributed by atoms with E-state index in [9.17, 15) is 14.3 Å². The molecule has 0 aromatic heterocycles. The highest BCUT2D eigenvalue weighted by atomic mass is 19.1. The van der Waals surface area contributed by atoms with E-state index in [1.165, 1.54) is 36.5 Å². The summed E-state index contributed by atoms with van der Waals surface area (Å²) in [6.07, 6.45) is 1.26. The molecule has 108 valence electrons. The third-order valence-electron chi connectivity index (χ3n) is 2.75. The van der Waals surface area contributed by atoms with Crippen LogP contribution in [0.2, 0.25) is 0 Å². The van der Waals surface area contributed by atoms with Crippen LogP contribution in [0.5, 0.6) is 5.75 Å². The summed E-state index contributed by atoms with van der Waals surface area (Å²) >= 11 is 0. The van der Waals surface area contributed by atoms with Crippen LogP contribution in [-0.2, 0) is 6.61 Å². The predicted molar refractivity (Wildman–Crippen MR) is 75.5 cm³/mol. The van der Waals surface area contributed by atoms with Gasteiger partial charge in [-0.15, -0.1) is 0 Å². The Morgan fingerprint density at radius 3 is 2.62 bits per heavy atom. The maximum absolute atomic E-state index is 12.7. The molecule has 2 rings (SSSR count). The third kappa shape index (κ3) is 3.87. The Morgan fingerprint density at radius 1 is 1.24 bits per heavy atom. The van der Waals surface area contributed by atoms with Gasteiger partial charge >= 0.3 is 0 Å². The number of aliphatic hydroxyl groups excluding tert-OH is 1. The number of nitrogens with zero attached hydrogens (tertiary/aromatic N) is 1. The Labute approximate surface area is 120 Å². The quantitative estimate of drug-likeness (QED) is 0.592. The SMILES string of the molecule is O=C(NN=Cc1cc(CO)ccc1O)c1ccc(F)cc1. The van der Waals surface area contributed by atoms with Crippen LogP contribution < -0.4 is 5.43 Å². The van der Waals surface area contributed by atoms with Crippen LogP contribution in [0.15, 0.2) is 47.6 Å². The average molecular weight is 288 g/mol. The Balaban J connectivity index is 2.05. The number of phenolic OH excluding ortho intramolecular Hbond substituents is 1. The summed E-state index contributed by atoms with van der Waals surface area (Å²) in [4.78, 5) is 11.7. The lowest BCUT2D eigenvalue weighted by Crippen LogP contribution is -2.17. The fourth-order valence-corrected chi connectivity index (χ4v) is 1.63. The van der Waals surface area contributed by atoms with Gasteiger partial charge in [-0.3, -0.25) is 4.79 Å². The van der Waals surface area contributed by atoms with Gasteiger partial charge in [-0.25, -0.2) is 9.82 Å². The highest BCUT2D eigenvalue weighted by Crippen LogP contribution is 2.16. The zero-order valence-electron chi connectivity index (χ0n) is 11.0. The smallest absolute Gasteiger partial charge is 0.271 e. The van der Waals surface area contributed by atoms with Crippen LogP contribution in [0, 0.1) is 5.82 Å². The first kappa shape index (κ1) is 14.7. The molecule has 0 saturated carbocycles. The van der Waals surface area contributed by atoms with Crippen molar-refractivity contribution in [3.05, 3.63) is 65.0 Å². The van der Waals surface area contributed by atoms with Crippen LogP contribution in [0.3, 0.4) is 0 Å². The second-order valence-corrected chi connectivity index (χ2v) is 4.26. The molecule has 21 heavy (non-hydrogen) atoms. The second-order valence-electron chi connectivity index (χ2n) is 4.26. The van der Waals surface area contributed by atoms with Crippen LogP contribution in [0.1, 0.15) is 21.5 Å². The molecular formula is C15H13FN2O3. The number of aliphatic hydroxyl groups is 1. The van der Waals surface area contributed by atoms with E-state index < -0.39 is 11.7 Å². The highest BCUT2D eigenvalue weighted by Gasteiger charge is 2.04. The van der Waals surface area contributed by atoms with E-state index in [1.54, 1.807) is 12.1 Å². The molecule has 0 aliphatic carbocycles. The van der Waals surface area contributed by atoms with Gasteiger partial charge in [0.15, 0.2) is 0 Å². The minimum Gasteiger partial charge on any atom is -0.507 e. The number of rotatable bonds is 4. The summed E-state index contributed by atoms with van der Waals surface area (Å²) in [5.74, 6) is -0.947. The van der Waals surface area contributed by atoms with E-state index in [4.69, 9.17) is 5.11 Å². The van der Waals surface area contributed by atoms with E-state index in [0.29, 0.717) is 11.1 Å². The van der Waals surface area contributed by atoms with Gasteiger partial charge in [0.2, 0.25) is 0 Å². The number of benzene rings is 2. The van der Waals surface area contributed by atoms with E-state index in [-0.39, 0.29) is 17.9 Å². The van der Waals surface area contributed by atoms with Crippen molar-refractivity contribution in [3.63, 3.8) is 0 Å². The summed E-state index contributed by atoms with van der Waals surface area (Å²) in [6, 6.07) is 9.57. The van der Waals surface area contributed by atoms with Crippen molar-refractivity contribution in [2.45, 2.75) is 6.61 Å². The zero-order valence-corrected chi connectivity index (χ0v) is 11.0. The lowest BCUT2D eigenvalue weighted by atomic mass is 10.1. The molecule has 6 heteroatoms. The molecule has 5 nitrogen and oxygen atoms in total. The molecule has 3 N–H and O–H groups in total. The molecule has 0 fully saturated rings. The highest BCUT2D eigenvalue weighted by molar-refractivity contribution is 5.95. The Hall–Kier alpha value is -2.73. The maximum atomic E-state index is 12.7. The number of amides is 1. The number of hydrogen-bond donors (Lipinski definition) is 3. The molecule has 0 bridgehead atoms. The van der Waals surface area contributed by atoms with Crippen molar-refractivity contribution in [3.8, 4) is 5.75 Å². The van der Waals surface area contributed by atoms with Crippen molar-refractivity contribution < 1.29 is 19.4 Å². The van der Waals surface area contributed by atoms with E-state index in [0.717, 1.165) is 0 Å². The summed E-state index contributed by atoms with van der Waals surface area (Å²) in [5, 5.41) is 22.3. The molecule has 0 unspecified atom stereocenters. The summed E-state index contributed by atoms with van der Waals surface area (Å²) < 4.78 is 12.7. The van der Waals surface area contributed by atoms with Crippen LogP contribution in [0.4, 0.5) is 4.39 Å². The topological polar surface area (TPSA) is 81.9 Å². The van der Waals surface area contributed by atoms with Gasteiger partial charge in [-0.2, -0.15) is 5.10 Å². The number of aromatic hydroxyl groups is 1. The van der Waals surface area contributed by atoms with Crippen molar-refractivity contribution in [1.29, 1.82) is 0 Å². The van der Waals surface area contributed by atoms with Gasteiger partial charge < -0.3 is 10.2 Å². The molecule has 0 atom stereocenters. The average Bonchev–Trinajstić information content (AvgIpc) is 2.49. The monoisotopic (exact) mass is 288 g/mol. The number of carbonyl (C=O) groups excluding carboxylic acids is 1. The molecule has 0 spiro atoms. The third-order valence-corrected chi connectivity index (χ3v) is 2.75. The fraction of sp³-hybridized carbons (Fsp3) is 0.0667. The fourth-order valence-electron chi connectivity index (χ4n) is 1.63. The number of hydrogen-bond acceptors (Lipinski definition) is 4. The molecule has 0 aliphatic rings. The zero-order chi connectivity index (χ0) is 15.2. The minimum atomic E-state index is -0.496. The van der Waals surface area contributed by atoms with Crippen LogP contribution in [-0.4, -0.2) is 22.3 Å². The lowest BCUT2D eigenvalue weighted by Gasteiger charge is -2.02. The second kappa shape index (κ2) is 6.62. The van der Waals surface area contributed by atoms with Gasteiger partial charge in [0.1, 0.15) is 11.6 Å². The van der Waals surface area contributed by atoms with Crippen molar-refractivity contribution >= 4 is 12.1 Å². The number of hydrazone groups is 1. The Bertz CT molecular complexity index is 669. The van der Waals surface area contributed by atoms with Crippen molar-refractivity contribution in [2.24, 2.45) is 5.10 Å². The van der Waals surface area contributed by atoms with Crippen LogP contribution in [0.25, 0.3) is 0 Å². The van der Waals surface area contributed by atoms with E-state index in [2.05, 4.69) is 10.5 Å². The van der Waals surface area contributed by atoms with E-state index >= 15 is 0 Å².